The fraction of sp³-hybridized carbons (Fsp3) is 0. The van der Waals surface area contributed by atoms with Gasteiger partial charge in [-0.2, -0.15) is 0 Å². The third-order valence-corrected chi connectivity index (χ3v) is 3.78. The number of halogens is 1. The van der Waals surface area contributed by atoms with Gasteiger partial charge >= 0.3 is 0 Å². The van der Waals surface area contributed by atoms with Crippen molar-refractivity contribution in [2.24, 2.45) is 0 Å². The molecule has 0 radical (unpaired) electrons. The summed E-state index contributed by atoms with van der Waals surface area (Å²) in [5.74, 6) is 0.0576. The molecular weight excluding hydrogens is 303 g/mol. The molecule has 0 aliphatic heterocycles. The first-order chi connectivity index (χ1) is 10.8. The Balaban J connectivity index is 1.64. The molecule has 4 rings (SSSR count). The smallest absolute Gasteiger partial charge is 0.299 e. The minimum atomic E-state index is -0.349. The summed E-state index contributed by atoms with van der Waals surface area (Å²) in [6, 6.07) is 9.73. The fourth-order valence-corrected chi connectivity index (χ4v) is 2.76. The van der Waals surface area contributed by atoms with Crippen LogP contribution < -0.4 is 4.74 Å². The molecule has 0 aliphatic carbocycles. The van der Waals surface area contributed by atoms with Crippen LogP contribution in [0, 0.1) is 5.82 Å². The lowest BCUT2D eigenvalue weighted by atomic mass is 10.2. The summed E-state index contributed by atoms with van der Waals surface area (Å²) in [4.78, 5) is 9.26. The Kier molecular flexibility index (Phi) is 3.05. The van der Waals surface area contributed by atoms with Crippen LogP contribution in [-0.2, 0) is 0 Å². The molecule has 0 saturated heterocycles. The maximum atomic E-state index is 13.1. The summed E-state index contributed by atoms with van der Waals surface area (Å²) < 4.78 is 20.3. The Morgan fingerprint density at radius 3 is 2.91 bits per heavy atom. The normalized spacial score (nSPS) is 11.0. The Labute approximate surface area is 128 Å². The predicted octanol–water partition coefficient (Wildman–Crippen LogP) is 3.78. The third kappa shape index (κ3) is 2.42. The van der Waals surface area contributed by atoms with Crippen molar-refractivity contribution in [2.75, 3.05) is 0 Å². The summed E-state index contributed by atoms with van der Waals surface area (Å²) in [6.07, 6.45) is 5.27. The van der Waals surface area contributed by atoms with Crippen molar-refractivity contribution < 1.29 is 9.13 Å². The molecular formula is C15H9FN4OS. The Morgan fingerprint density at radius 1 is 1.18 bits per heavy atom. The molecule has 108 valence electrons. The van der Waals surface area contributed by atoms with Gasteiger partial charge in [0.1, 0.15) is 11.6 Å². The van der Waals surface area contributed by atoms with Crippen molar-refractivity contribution in [1.29, 1.82) is 0 Å². The van der Waals surface area contributed by atoms with Crippen LogP contribution in [0.25, 0.3) is 16.2 Å². The second-order valence-electron chi connectivity index (χ2n) is 4.52. The number of hydrogen-bond acceptors (Lipinski definition) is 5. The summed E-state index contributed by atoms with van der Waals surface area (Å²) in [5.41, 5.74) is 1.72. The highest BCUT2D eigenvalue weighted by molar-refractivity contribution is 7.18. The van der Waals surface area contributed by atoms with Crippen molar-refractivity contribution in [3.8, 4) is 22.2 Å². The highest BCUT2D eigenvalue weighted by Crippen LogP contribution is 2.29. The van der Waals surface area contributed by atoms with E-state index in [4.69, 9.17) is 4.74 Å². The van der Waals surface area contributed by atoms with E-state index in [9.17, 15) is 4.39 Å². The minimum Gasteiger partial charge on any atom is -0.430 e. The van der Waals surface area contributed by atoms with Crippen LogP contribution in [0.4, 0.5) is 4.39 Å². The highest BCUT2D eigenvalue weighted by atomic mass is 32.1. The van der Waals surface area contributed by atoms with E-state index >= 15 is 0 Å². The maximum absolute atomic E-state index is 13.1. The van der Waals surface area contributed by atoms with Crippen LogP contribution >= 0.6 is 11.3 Å². The molecule has 0 spiro atoms. The van der Waals surface area contributed by atoms with Crippen LogP contribution in [0.2, 0.25) is 0 Å². The number of pyridine rings is 1. The summed E-state index contributed by atoms with van der Waals surface area (Å²) in [7, 11) is 0. The van der Waals surface area contributed by atoms with Crippen molar-refractivity contribution in [3.05, 3.63) is 60.8 Å². The second-order valence-corrected chi connectivity index (χ2v) is 5.44. The summed E-state index contributed by atoms with van der Waals surface area (Å²) in [5, 5.41) is 4.70. The molecule has 4 aromatic rings. The van der Waals surface area contributed by atoms with Crippen molar-refractivity contribution in [2.45, 2.75) is 0 Å². The van der Waals surface area contributed by atoms with Gasteiger partial charge in [0, 0.05) is 24.0 Å². The topological polar surface area (TPSA) is 52.3 Å². The number of aromatic nitrogens is 4. The van der Waals surface area contributed by atoms with Gasteiger partial charge in [0.2, 0.25) is 4.96 Å². The molecule has 0 fully saturated rings. The van der Waals surface area contributed by atoms with E-state index in [-0.39, 0.29) is 5.82 Å². The zero-order valence-corrected chi connectivity index (χ0v) is 12.0. The number of nitrogens with zero attached hydrogens (tertiary/aromatic N) is 4. The van der Waals surface area contributed by atoms with Gasteiger partial charge in [0.25, 0.3) is 5.19 Å². The lowest BCUT2D eigenvalue weighted by Gasteiger charge is -1.99. The molecule has 0 N–H and O–H groups in total. The van der Waals surface area contributed by atoms with Gasteiger partial charge in [-0.05, 0) is 35.6 Å². The average molecular weight is 312 g/mol. The first-order valence-electron chi connectivity index (χ1n) is 6.48. The maximum Gasteiger partial charge on any atom is 0.299 e. The van der Waals surface area contributed by atoms with Crippen LogP contribution in [0.1, 0.15) is 0 Å². The van der Waals surface area contributed by atoms with Crippen molar-refractivity contribution in [1.82, 2.24) is 19.6 Å². The average Bonchev–Trinajstić information content (AvgIpc) is 3.06. The molecule has 3 heterocycles. The molecule has 3 aromatic heterocycles. The van der Waals surface area contributed by atoms with Gasteiger partial charge in [0.15, 0.2) is 0 Å². The first kappa shape index (κ1) is 12.9. The van der Waals surface area contributed by atoms with Crippen molar-refractivity contribution >= 4 is 16.3 Å². The lowest BCUT2D eigenvalue weighted by Crippen LogP contribution is -1.86. The van der Waals surface area contributed by atoms with E-state index in [1.807, 2.05) is 12.1 Å². The molecule has 0 saturated carbocycles. The van der Waals surface area contributed by atoms with Crippen LogP contribution in [0.5, 0.6) is 10.9 Å². The van der Waals surface area contributed by atoms with Gasteiger partial charge < -0.3 is 4.74 Å². The lowest BCUT2D eigenvalue weighted by molar-refractivity contribution is 0.465. The Morgan fingerprint density at radius 2 is 2.14 bits per heavy atom. The van der Waals surface area contributed by atoms with E-state index in [0.29, 0.717) is 15.9 Å². The number of ether oxygens (including phenoxy) is 1. The SMILES string of the molecule is Fc1cccc(Oc2nn3cc(-c4cccnc4)nc3s2)c1. The van der Waals surface area contributed by atoms with E-state index in [2.05, 4.69) is 15.1 Å². The van der Waals surface area contributed by atoms with E-state index < -0.39 is 0 Å². The third-order valence-electron chi connectivity index (χ3n) is 2.98. The fourth-order valence-electron chi connectivity index (χ4n) is 2.01. The molecule has 0 bridgehead atoms. The summed E-state index contributed by atoms with van der Waals surface area (Å²) in [6.45, 7) is 0. The summed E-state index contributed by atoms with van der Waals surface area (Å²) >= 11 is 1.29. The minimum absolute atomic E-state index is 0.349. The number of hydrogen-bond donors (Lipinski definition) is 0. The molecule has 0 atom stereocenters. The van der Waals surface area contributed by atoms with Crippen LogP contribution in [0.3, 0.4) is 0 Å². The Hall–Kier alpha value is -2.80. The van der Waals surface area contributed by atoms with Gasteiger partial charge in [-0.15, -0.1) is 5.10 Å². The van der Waals surface area contributed by atoms with Crippen molar-refractivity contribution in [3.63, 3.8) is 0 Å². The standard InChI is InChI=1S/C15H9FN4OS/c16-11-4-1-5-12(7-11)21-15-19-20-9-13(18-14(20)22-15)10-3-2-6-17-8-10/h1-9H. The van der Waals surface area contributed by atoms with E-state index in [1.54, 1.807) is 35.2 Å². The molecule has 5 nitrogen and oxygen atoms in total. The highest BCUT2D eigenvalue weighted by Gasteiger charge is 2.11. The van der Waals surface area contributed by atoms with Gasteiger partial charge in [0.05, 0.1) is 11.9 Å². The van der Waals surface area contributed by atoms with Gasteiger partial charge in [-0.25, -0.2) is 13.9 Å². The molecule has 0 aliphatic rings. The monoisotopic (exact) mass is 312 g/mol. The second kappa shape index (κ2) is 5.19. The zero-order chi connectivity index (χ0) is 14.9. The quantitative estimate of drug-likeness (QED) is 0.577. The first-order valence-corrected chi connectivity index (χ1v) is 7.30. The molecule has 0 amide bonds. The number of imidazole rings is 1. The number of rotatable bonds is 3. The zero-order valence-electron chi connectivity index (χ0n) is 11.2. The number of fused-ring (bicyclic) bond motifs is 1. The predicted molar refractivity (Wildman–Crippen MR) is 80.6 cm³/mol. The van der Waals surface area contributed by atoms with Crippen LogP contribution in [0.15, 0.2) is 55.0 Å². The Bertz CT molecular complexity index is 904. The van der Waals surface area contributed by atoms with Gasteiger partial charge in [-0.3, -0.25) is 4.98 Å². The largest absolute Gasteiger partial charge is 0.430 e. The molecule has 0 unspecified atom stereocenters. The number of benzene rings is 1. The molecule has 7 heteroatoms. The molecule has 1 aromatic carbocycles. The van der Waals surface area contributed by atoms with Gasteiger partial charge in [-0.1, -0.05) is 6.07 Å². The molecule has 22 heavy (non-hydrogen) atoms. The van der Waals surface area contributed by atoms with Crippen LogP contribution in [-0.4, -0.2) is 19.6 Å². The van der Waals surface area contributed by atoms with E-state index in [0.717, 1.165) is 11.3 Å². The van der Waals surface area contributed by atoms with E-state index in [1.165, 1.54) is 23.5 Å².